The summed E-state index contributed by atoms with van der Waals surface area (Å²) < 4.78 is 0. The number of anilines is 1. The van der Waals surface area contributed by atoms with E-state index in [1.165, 1.54) is 0 Å². The molecule has 0 saturated carbocycles. The van der Waals surface area contributed by atoms with Crippen molar-refractivity contribution in [1.29, 1.82) is 0 Å². The minimum Gasteiger partial charge on any atom is -0.399 e. The van der Waals surface area contributed by atoms with E-state index in [1.54, 1.807) is 0 Å². The van der Waals surface area contributed by atoms with Crippen molar-refractivity contribution in [3.8, 4) is 0 Å². The first-order valence-electron chi connectivity index (χ1n) is 6.39. The minimum absolute atomic E-state index is 0. The molecular formula is C20H17NZr. The Morgan fingerprint density at radius 3 is 1.45 bits per heavy atom. The molecule has 0 amide bonds. The molecule has 2 aliphatic carbocycles. The van der Waals surface area contributed by atoms with Crippen LogP contribution in [-0.4, -0.2) is 0 Å². The molecule has 1 aromatic carbocycles. The van der Waals surface area contributed by atoms with Crippen LogP contribution in [0, 0.1) is 12.2 Å². The Hall–Kier alpha value is -2.10. The number of para-hydroxylation sites is 1. The van der Waals surface area contributed by atoms with Crippen LogP contribution in [0.1, 0.15) is 0 Å². The second-order valence-corrected chi connectivity index (χ2v) is 3.93. The SMILES string of the molecule is C=C=C1[C-]=CC=C1.C=C=C1[C-]=CC=C1.Nc1ccccc1.[Zr+2]. The van der Waals surface area contributed by atoms with Crippen molar-refractivity contribution in [1.82, 2.24) is 0 Å². The smallest absolute Gasteiger partial charge is 0.399 e. The van der Waals surface area contributed by atoms with E-state index in [0.29, 0.717) is 0 Å². The summed E-state index contributed by atoms with van der Waals surface area (Å²) in [4.78, 5) is 0. The number of benzene rings is 1. The second kappa shape index (κ2) is 12.6. The van der Waals surface area contributed by atoms with Crippen LogP contribution in [0.15, 0.2) is 103 Å². The first kappa shape index (κ1) is 19.9. The maximum atomic E-state index is 5.36. The maximum absolute atomic E-state index is 5.36. The summed E-state index contributed by atoms with van der Waals surface area (Å²) in [5.74, 6) is 0. The predicted molar refractivity (Wildman–Crippen MR) is 90.1 cm³/mol. The fraction of sp³-hybridized carbons (Fsp3) is 0. The summed E-state index contributed by atoms with van der Waals surface area (Å²) in [6, 6.07) is 9.49. The molecule has 0 spiro atoms. The van der Waals surface area contributed by atoms with E-state index in [9.17, 15) is 0 Å². The molecule has 0 aliphatic heterocycles. The Labute approximate surface area is 152 Å². The number of hydrogen-bond acceptors (Lipinski definition) is 1. The number of allylic oxidation sites excluding steroid dienone is 10. The average molecular weight is 363 g/mol. The van der Waals surface area contributed by atoms with Gasteiger partial charge in [-0.2, -0.15) is 36.5 Å². The molecule has 1 aromatic rings. The molecule has 22 heavy (non-hydrogen) atoms. The molecule has 0 aromatic heterocycles. The van der Waals surface area contributed by atoms with E-state index in [0.717, 1.165) is 16.8 Å². The molecule has 2 aliphatic rings. The van der Waals surface area contributed by atoms with Gasteiger partial charge in [0.25, 0.3) is 0 Å². The van der Waals surface area contributed by atoms with Gasteiger partial charge in [-0.25, -0.2) is 11.5 Å². The molecule has 0 unspecified atom stereocenters. The number of nitrogens with two attached hydrogens (primary N) is 1. The Bertz CT molecular complexity index is 593. The fourth-order valence-electron chi connectivity index (χ4n) is 1.33. The van der Waals surface area contributed by atoms with E-state index in [2.05, 4.69) is 36.8 Å². The van der Waals surface area contributed by atoms with Crippen LogP contribution >= 0.6 is 0 Å². The van der Waals surface area contributed by atoms with Gasteiger partial charge < -0.3 is 5.73 Å². The summed E-state index contributed by atoms with van der Waals surface area (Å²) >= 11 is 0. The summed E-state index contributed by atoms with van der Waals surface area (Å²) in [7, 11) is 0. The summed E-state index contributed by atoms with van der Waals surface area (Å²) in [6.07, 6.45) is 17.1. The molecule has 0 radical (unpaired) electrons. The van der Waals surface area contributed by atoms with Crippen molar-refractivity contribution >= 4 is 5.69 Å². The van der Waals surface area contributed by atoms with Gasteiger partial charge in [-0.15, -0.1) is 36.5 Å². The van der Waals surface area contributed by atoms with Crippen LogP contribution in [0.3, 0.4) is 0 Å². The molecule has 0 fully saturated rings. The third kappa shape index (κ3) is 8.95. The van der Waals surface area contributed by atoms with E-state index >= 15 is 0 Å². The zero-order valence-electron chi connectivity index (χ0n) is 12.3. The second-order valence-electron chi connectivity index (χ2n) is 3.93. The number of rotatable bonds is 0. The minimum atomic E-state index is 0. The summed E-state index contributed by atoms with van der Waals surface area (Å²) in [6.45, 7) is 6.89. The zero-order valence-corrected chi connectivity index (χ0v) is 14.8. The third-order valence-electron chi connectivity index (χ3n) is 2.38. The van der Waals surface area contributed by atoms with Gasteiger partial charge in [0.15, 0.2) is 0 Å². The van der Waals surface area contributed by atoms with Crippen molar-refractivity contribution in [2.75, 3.05) is 5.73 Å². The summed E-state index contributed by atoms with van der Waals surface area (Å²) in [5.41, 5.74) is 13.5. The Kier molecular flexibility index (Phi) is 11.4. The average Bonchev–Trinajstić information content (AvgIpc) is 3.22. The molecule has 2 heteroatoms. The molecule has 1 nitrogen and oxygen atoms in total. The largest absolute Gasteiger partial charge is 2.00 e. The van der Waals surface area contributed by atoms with Gasteiger partial charge >= 0.3 is 26.2 Å². The van der Waals surface area contributed by atoms with Crippen molar-refractivity contribution in [2.24, 2.45) is 0 Å². The normalized spacial score (nSPS) is 12.4. The Morgan fingerprint density at radius 1 is 0.818 bits per heavy atom. The Morgan fingerprint density at radius 2 is 1.27 bits per heavy atom. The molecule has 0 atom stereocenters. The number of hydrogen-bond donors (Lipinski definition) is 1. The topological polar surface area (TPSA) is 26.0 Å². The predicted octanol–water partition coefficient (Wildman–Crippen LogP) is 4.52. The molecule has 106 valence electrons. The first-order chi connectivity index (χ1) is 10.3. The van der Waals surface area contributed by atoms with E-state index in [-0.39, 0.29) is 26.2 Å². The van der Waals surface area contributed by atoms with Crippen molar-refractivity contribution in [3.63, 3.8) is 0 Å². The van der Waals surface area contributed by atoms with E-state index in [4.69, 9.17) is 5.73 Å². The summed E-state index contributed by atoms with van der Waals surface area (Å²) in [5, 5.41) is 0. The van der Waals surface area contributed by atoms with Gasteiger partial charge in [0.1, 0.15) is 0 Å². The molecular weight excluding hydrogens is 345 g/mol. The van der Waals surface area contributed by atoms with Crippen molar-refractivity contribution < 1.29 is 26.2 Å². The molecule has 0 bridgehead atoms. The Balaban J connectivity index is 0.000000294. The van der Waals surface area contributed by atoms with Crippen LogP contribution in [0.25, 0.3) is 0 Å². The van der Waals surface area contributed by atoms with Crippen molar-refractivity contribution in [2.45, 2.75) is 0 Å². The van der Waals surface area contributed by atoms with Crippen molar-refractivity contribution in [3.05, 3.63) is 115 Å². The zero-order chi connectivity index (χ0) is 15.3. The fourth-order valence-corrected chi connectivity index (χ4v) is 1.33. The standard InChI is InChI=1S/2C7H5.C6H7N.Zr/c2*1-2-7-5-3-4-6-7;7-6-4-2-1-3-5-6;/h2*3-5H,1H2;1-5H,7H2;/q2*-1;;+2. The quantitative estimate of drug-likeness (QED) is 0.410. The maximum Gasteiger partial charge on any atom is 2.00 e. The molecule has 0 saturated heterocycles. The van der Waals surface area contributed by atoms with Crippen LogP contribution in [0.2, 0.25) is 0 Å². The third-order valence-corrected chi connectivity index (χ3v) is 2.38. The van der Waals surface area contributed by atoms with E-state index < -0.39 is 0 Å². The van der Waals surface area contributed by atoms with Crippen LogP contribution in [-0.2, 0) is 26.2 Å². The van der Waals surface area contributed by atoms with Crippen LogP contribution in [0.4, 0.5) is 5.69 Å². The first-order valence-corrected chi connectivity index (χ1v) is 6.39. The van der Waals surface area contributed by atoms with Gasteiger partial charge in [0.05, 0.1) is 0 Å². The van der Waals surface area contributed by atoms with Gasteiger partial charge in [-0.1, -0.05) is 18.2 Å². The van der Waals surface area contributed by atoms with Gasteiger partial charge in [0.2, 0.25) is 0 Å². The molecule has 0 heterocycles. The molecule has 2 N–H and O–H groups in total. The van der Waals surface area contributed by atoms with Gasteiger partial charge in [-0.3, -0.25) is 0 Å². The van der Waals surface area contributed by atoms with Gasteiger partial charge in [-0.05, 0) is 12.1 Å². The van der Waals surface area contributed by atoms with Crippen LogP contribution < -0.4 is 5.73 Å². The molecule has 3 rings (SSSR count). The number of nitrogen functional groups attached to an aromatic ring is 1. The van der Waals surface area contributed by atoms with Gasteiger partial charge in [0, 0.05) is 5.69 Å². The van der Waals surface area contributed by atoms with Crippen LogP contribution in [0.5, 0.6) is 0 Å². The monoisotopic (exact) mass is 361 g/mol. The van der Waals surface area contributed by atoms with E-state index in [1.807, 2.05) is 66.8 Å².